The van der Waals surface area contributed by atoms with E-state index in [-0.39, 0.29) is 4.90 Å². The van der Waals surface area contributed by atoms with E-state index < -0.39 is 9.84 Å². The third-order valence-electron chi connectivity index (χ3n) is 4.61. The summed E-state index contributed by atoms with van der Waals surface area (Å²) in [5, 5.41) is 3.15. The van der Waals surface area contributed by atoms with E-state index >= 15 is 0 Å². The van der Waals surface area contributed by atoms with Crippen molar-refractivity contribution in [1.82, 2.24) is 10.2 Å². The SMILES string of the molecule is O=S(=O)(c1ccccc1)c1ccc2c(c1)OCCN2CCN1C=CNC1. The van der Waals surface area contributed by atoms with Crippen LogP contribution < -0.4 is 15.0 Å². The molecule has 0 radical (unpaired) electrons. The van der Waals surface area contributed by atoms with Gasteiger partial charge in [-0.3, -0.25) is 0 Å². The summed E-state index contributed by atoms with van der Waals surface area (Å²) in [6, 6.07) is 13.6. The van der Waals surface area contributed by atoms with Crippen LogP contribution in [0.4, 0.5) is 5.69 Å². The lowest BCUT2D eigenvalue weighted by Gasteiger charge is -2.32. The van der Waals surface area contributed by atoms with Gasteiger partial charge in [-0.05, 0) is 24.3 Å². The number of fused-ring (bicyclic) bond motifs is 1. The zero-order valence-corrected chi connectivity index (χ0v) is 15.2. The zero-order chi connectivity index (χ0) is 18.0. The molecular weight excluding hydrogens is 350 g/mol. The van der Waals surface area contributed by atoms with Gasteiger partial charge < -0.3 is 19.9 Å². The van der Waals surface area contributed by atoms with E-state index in [9.17, 15) is 8.42 Å². The molecule has 0 spiro atoms. The molecule has 1 N–H and O–H groups in total. The van der Waals surface area contributed by atoms with Crippen LogP contribution in [-0.4, -0.2) is 46.2 Å². The highest BCUT2D eigenvalue weighted by Crippen LogP contribution is 2.35. The molecule has 0 bridgehead atoms. The standard InChI is InChI=1S/C19H21N3O3S/c23-26(24,16-4-2-1-3-5-16)17-6-7-18-19(14-17)25-13-12-22(18)11-10-21-9-8-20-15-21/h1-9,14,20H,10-13,15H2. The van der Waals surface area contributed by atoms with E-state index in [1.807, 2.05) is 18.5 Å². The number of nitrogens with one attached hydrogen (secondary N) is 1. The Kier molecular flexibility index (Phi) is 4.46. The molecule has 2 heterocycles. The third kappa shape index (κ3) is 3.22. The Morgan fingerprint density at radius 2 is 1.88 bits per heavy atom. The first-order valence-electron chi connectivity index (χ1n) is 8.61. The lowest BCUT2D eigenvalue weighted by Crippen LogP contribution is -2.38. The van der Waals surface area contributed by atoms with E-state index in [2.05, 4.69) is 15.1 Å². The van der Waals surface area contributed by atoms with Crippen LogP contribution in [0.2, 0.25) is 0 Å². The van der Waals surface area contributed by atoms with Gasteiger partial charge >= 0.3 is 0 Å². The summed E-state index contributed by atoms with van der Waals surface area (Å²) in [7, 11) is -3.54. The van der Waals surface area contributed by atoms with Crippen molar-refractivity contribution < 1.29 is 13.2 Å². The maximum atomic E-state index is 12.8. The van der Waals surface area contributed by atoms with Gasteiger partial charge in [0, 0.05) is 31.6 Å². The number of ether oxygens (including phenoxy) is 1. The van der Waals surface area contributed by atoms with Gasteiger partial charge in [0.15, 0.2) is 0 Å². The van der Waals surface area contributed by atoms with Crippen LogP contribution in [0.1, 0.15) is 0 Å². The number of sulfone groups is 1. The molecule has 6 nitrogen and oxygen atoms in total. The molecule has 26 heavy (non-hydrogen) atoms. The van der Waals surface area contributed by atoms with E-state index in [0.717, 1.165) is 32.0 Å². The fourth-order valence-corrected chi connectivity index (χ4v) is 4.47. The van der Waals surface area contributed by atoms with Crippen LogP contribution in [0.5, 0.6) is 5.75 Å². The minimum atomic E-state index is -3.54. The fraction of sp³-hybridized carbons (Fsp3) is 0.263. The highest BCUT2D eigenvalue weighted by Gasteiger charge is 2.23. The quantitative estimate of drug-likeness (QED) is 0.868. The molecule has 0 fully saturated rings. The van der Waals surface area contributed by atoms with Crippen LogP contribution >= 0.6 is 0 Å². The largest absolute Gasteiger partial charge is 0.490 e. The van der Waals surface area contributed by atoms with Crippen LogP contribution in [-0.2, 0) is 9.84 Å². The first-order valence-corrected chi connectivity index (χ1v) is 10.1. The molecular formula is C19H21N3O3S. The summed E-state index contributed by atoms with van der Waals surface area (Å²) in [6.07, 6.45) is 3.98. The van der Waals surface area contributed by atoms with Crippen LogP contribution in [0, 0.1) is 0 Å². The summed E-state index contributed by atoms with van der Waals surface area (Å²) < 4.78 is 31.4. The molecule has 2 aliphatic heterocycles. The smallest absolute Gasteiger partial charge is 0.206 e. The molecule has 0 saturated carbocycles. The zero-order valence-electron chi connectivity index (χ0n) is 14.3. The van der Waals surface area contributed by atoms with Gasteiger partial charge in [-0.1, -0.05) is 18.2 Å². The second kappa shape index (κ2) is 6.92. The Balaban J connectivity index is 1.57. The monoisotopic (exact) mass is 371 g/mol. The van der Waals surface area contributed by atoms with Gasteiger partial charge in [0.1, 0.15) is 12.4 Å². The molecule has 0 amide bonds. The number of nitrogens with zero attached hydrogens (tertiary/aromatic N) is 2. The van der Waals surface area contributed by atoms with E-state index in [1.54, 1.807) is 42.5 Å². The Morgan fingerprint density at radius 3 is 2.65 bits per heavy atom. The normalized spacial score (nSPS) is 16.2. The Labute approximate surface area is 153 Å². The van der Waals surface area contributed by atoms with Gasteiger partial charge in [0.2, 0.25) is 9.84 Å². The van der Waals surface area contributed by atoms with Crippen molar-refractivity contribution in [3.05, 3.63) is 60.9 Å². The molecule has 0 unspecified atom stereocenters. The Morgan fingerprint density at radius 1 is 1.04 bits per heavy atom. The van der Waals surface area contributed by atoms with Gasteiger partial charge in [-0.15, -0.1) is 0 Å². The second-order valence-electron chi connectivity index (χ2n) is 6.27. The summed E-state index contributed by atoms with van der Waals surface area (Å²) in [5.41, 5.74) is 0.944. The van der Waals surface area contributed by atoms with Crippen molar-refractivity contribution in [2.75, 3.05) is 37.8 Å². The lowest BCUT2D eigenvalue weighted by atomic mass is 10.2. The highest BCUT2D eigenvalue weighted by atomic mass is 32.2. The minimum Gasteiger partial charge on any atom is -0.490 e. The summed E-state index contributed by atoms with van der Waals surface area (Å²) in [5.74, 6) is 0.628. The number of rotatable bonds is 5. The van der Waals surface area contributed by atoms with Crippen molar-refractivity contribution in [2.45, 2.75) is 9.79 Å². The molecule has 7 heteroatoms. The number of hydrogen-bond acceptors (Lipinski definition) is 6. The average Bonchev–Trinajstić information content (AvgIpc) is 3.20. The van der Waals surface area contributed by atoms with Crippen LogP contribution in [0.15, 0.2) is 70.7 Å². The highest BCUT2D eigenvalue weighted by molar-refractivity contribution is 7.91. The molecule has 0 saturated heterocycles. The van der Waals surface area contributed by atoms with Crippen LogP contribution in [0.3, 0.4) is 0 Å². The summed E-state index contributed by atoms with van der Waals surface area (Å²) >= 11 is 0. The molecule has 2 aromatic rings. The number of benzene rings is 2. The Bertz CT molecular complexity index is 913. The molecule has 2 aromatic carbocycles. The van der Waals surface area contributed by atoms with Gasteiger partial charge in [0.05, 0.1) is 28.7 Å². The predicted octanol–water partition coefficient (Wildman–Crippen LogP) is 2.05. The maximum Gasteiger partial charge on any atom is 0.206 e. The summed E-state index contributed by atoms with van der Waals surface area (Å²) in [4.78, 5) is 4.99. The third-order valence-corrected chi connectivity index (χ3v) is 6.38. The van der Waals surface area contributed by atoms with Crippen molar-refractivity contribution in [3.63, 3.8) is 0 Å². The van der Waals surface area contributed by atoms with Crippen molar-refractivity contribution in [3.8, 4) is 5.75 Å². The van der Waals surface area contributed by atoms with E-state index in [0.29, 0.717) is 17.3 Å². The number of hydrogen-bond donors (Lipinski definition) is 1. The van der Waals surface area contributed by atoms with E-state index in [4.69, 9.17) is 4.74 Å². The minimum absolute atomic E-state index is 0.260. The molecule has 136 valence electrons. The fourth-order valence-electron chi connectivity index (χ4n) is 3.18. The molecule has 4 rings (SSSR count). The van der Waals surface area contributed by atoms with E-state index in [1.165, 1.54) is 0 Å². The first-order chi connectivity index (χ1) is 12.6. The molecule has 0 aliphatic carbocycles. The van der Waals surface area contributed by atoms with Crippen molar-refractivity contribution in [1.29, 1.82) is 0 Å². The average molecular weight is 371 g/mol. The van der Waals surface area contributed by atoms with Gasteiger partial charge in [-0.2, -0.15) is 0 Å². The molecule has 0 aromatic heterocycles. The Hall–Kier alpha value is -2.67. The molecule has 2 aliphatic rings. The van der Waals surface area contributed by atoms with Gasteiger partial charge in [-0.25, -0.2) is 8.42 Å². The van der Waals surface area contributed by atoms with Gasteiger partial charge in [0.25, 0.3) is 0 Å². The lowest BCUT2D eigenvalue weighted by molar-refractivity contribution is 0.301. The maximum absolute atomic E-state index is 12.8. The second-order valence-corrected chi connectivity index (χ2v) is 8.22. The van der Waals surface area contributed by atoms with Crippen LogP contribution in [0.25, 0.3) is 0 Å². The first kappa shape index (κ1) is 16.8. The van der Waals surface area contributed by atoms with Crippen molar-refractivity contribution in [2.24, 2.45) is 0 Å². The predicted molar refractivity (Wildman–Crippen MR) is 99.9 cm³/mol. The van der Waals surface area contributed by atoms with Crippen molar-refractivity contribution >= 4 is 15.5 Å². The number of anilines is 1. The topological polar surface area (TPSA) is 61.9 Å². The summed E-state index contributed by atoms with van der Waals surface area (Å²) in [6.45, 7) is 3.92. The molecule has 0 atom stereocenters.